The fraction of sp³-hybridized carbons (Fsp3) is 0.400. The zero-order chi connectivity index (χ0) is 14.4. The van der Waals surface area contributed by atoms with Crippen molar-refractivity contribution in [3.8, 4) is 0 Å². The largest absolute Gasteiger partial charge is 0.359 e. The second-order valence-electron chi connectivity index (χ2n) is 3.79. The van der Waals surface area contributed by atoms with Crippen LogP contribution in [0, 0.1) is 10.1 Å². The Morgan fingerprint density at radius 1 is 1.58 bits per heavy atom. The van der Waals surface area contributed by atoms with E-state index in [2.05, 4.69) is 15.7 Å². The highest BCUT2D eigenvalue weighted by molar-refractivity contribution is 5.76. The van der Waals surface area contributed by atoms with E-state index in [9.17, 15) is 14.9 Å². The summed E-state index contributed by atoms with van der Waals surface area (Å²) in [5.41, 5.74) is 2.18. The van der Waals surface area contributed by atoms with Gasteiger partial charge >= 0.3 is 5.69 Å². The first-order valence-electron chi connectivity index (χ1n) is 5.53. The predicted molar refractivity (Wildman–Crippen MR) is 70.7 cm³/mol. The van der Waals surface area contributed by atoms with Gasteiger partial charge in [-0.1, -0.05) is 0 Å². The standard InChI is InChI=1S/C10H16N6O3/c1-12-9(17)5-6-15(2)10-7(16(18)19)3-4-8(13-10)14-11/h3-4H,5-6,11H2,1-2H3,(H,12,17)(H,13,14). The molecule has 9 heteroatoms. The molecule has 0 unspecified atom stereocenters. The molecule has 0 aromatic carbocycles. The number of hydrogen-bond acceptors (Lipinski definition) is 7. The van der Waals surface area contributed by atoms with Gasteiger partial charge in [-0.25, -0.2) is 10.8 Å². The molecule has 1 amide bonds. The van der Waals surface area contributed by atoms with Gasteiger partial charge in [0.05, 0.1) is 4.92 Å². The number of pyridine rings is 1. The number of nitrogens with one attached hydrogen (secondary N) is 2. The summed E-state index contributed by atoms with van der Waals surface area (Å²) in [5.74, 6) is 5.54. The lowest BCUT2D eigenvalue weighted by molar-refractivity contribution is -0.384. The zero-order valence-electron chi connectivity index (χ0n) is 10.7. The lowest BCUT2D eigenvalue weighted by atomic mass is 10.3. The van der Waals surface area contributed by atoms with Crippen molar-refractivity contribution in [2.24, 2.45) is 5.84 Å². The van der Waals surface area contributed by atoms with Crippen LogP contribution in [-0.4, -0.2) is 36.5 Å². The lowest BCUT2D eigenvalue weighted by Gasteiger charge is -2.18. The molecule has 1 heterocycles. The molecule has 0 radical (unpaired) electrons. The number of carbonyl (C=O) groups is 1. The molecule has 9 nitrogen and oxygen atoms in total. The molecule has 1 aromatic rings. The Morgan fingerprint density at radius 2 is 2.26 bits per heavy atom. The summed E-state index contributed by atoms with van der Waals surface area (Å²) in [6, 6.07) is 2.72. The molecular formula is C10H16N6O3. The molecule has 1 aromatic heterocycles. The Labute approximate surface area is 109 Å². The van der Waals surface area contributed by atoms with E-state index in [0.717, 1.165) is 0 Å². The van der Waals surface area contributed by atoms with Crippen LogP contribution in [0.2, 0.25) is 0 Å². The molecule has 104 valence electrons. The fourth-order valence-electron chi connectivity index (χ4n) is 1.44. The van der Waals surface area contributed by atoms with Crippen LogP contribution in [0.1, 0.15) is 6.42 Å². The maximum absolute atomic E-state index is 11.2. The first kappa shape index (κ1) is 14.6. The van der Waals surface area contributed by atoms with Gasteiger partial charge in [0, 0.05) is 33.1 Å². The summed E-state index contributed by atoms with van der Waals surface area (Å²) >= 11 is 0. The van der Waals surface area contributed by atoms with Crippen molar-refractivity contribution in [3.63, 3.8) is 0 Å². The summed E-state index contributed by atoms with van der Waals surface area (Å²) in [4.78, 5) is 27.1. The van der Waals surface area contributed by atoms with E-state index in [-0.39, 0.29) is 23.8 Å². The Morgan fingerprint density at radius 3 is 2.79 bits per heavy atom. The number of nitrogens with two attached hydrogens (primary N) is 1. The normalized spacial score (nSPS) is 9.84. The highest BCUT2D eigenvalue weighted by Gasteiger charge is 2.19. The second kappa shape index (κ2) is 6.50. The number of rotatable bonds is 6. The van der Waals surface area contributed by atoms with Gasteiger partial charge in [0.15, 0.2) is 0 Å². The zero-order valence-corrected chi connectivity index (χ0v) is 10.7. The third-order valence-corrected chi connectivity index (χ3v) is 2.51. The summed E-state index contributed by atoms with van der Waals surface area (Å²) in [7, 11) is 3.15. The minimum Gasteiger partial charge on any atom is -0.359 e. The number of nitrogens with zero attached hydrogens (tertiary/aromatic N) is 3. The number of nitro groups is 1. The molecule has 0 aliphatic rings. The molecule has 0 spiro atoms. The van der Waals surface area contributed by atoms with E-state index >= 15 is 0 Å². The molecule has 1 rings (SSSR count). The van der Waals surface area contributed by atoms with Crippen molar-refractivity contribution in [2.45, 2.75) is 6.42 Å². The average molecular weight is 268 g/mol. The Bertz CT molecular complexity index is 478. The van der Waals surface area contributed by atoms with Crippen molar-refractivity contribution in [3.05, 3.63) is 22.2 Å². The Balaban J connectivity index is 2.95. The van der Waals surface area contributed by atoms with Crippen LogP contribution in [-0.2, 0) is 4.79 Å². The number of hydrazine groups is 1. The van der Waals surface area contributed by atoms with Crippen LogP contribution in [0.4, 0.5) is 17.3 Å². The highest BCUT2D eigenvalue weighted by Crippen LogP contribution is 2.26. The van der Waals surface area contributed by atoms with Gasteiger partial charge in [0.2, 0.25) is 11.7 Å². The fourth-order valence-corrected chi connectivity index (χ4v) is 1.44. The number of aromatic nitrogens is 1. The van der Waals surface area contributed by atoms with Crippen LogP contribution in [0.25, 0.3) is 0 Å². The minimum absolute atomic E-state index is 0.140. The summed E-state index contributed by atoms with van der Waals surface area (Å²) in [5, 5.41) is 13.4. The molecule has 0 fully saturated rings. The number of nitrogen functional groups attached to an aromatic ring is 1. The van der Waals surface area contributed by atoms with Crippen LogP contribution in [0.5, 0.6) is 0 Å². The van der Waals surface area contributed by atoms with E-state index in [4.69, 9.17) is 5.84 Å². The van der Waals surface area contributed by atoms with Gasteiger partial charge in [-0.3, -0.25) is 14.9 Å². The van der Waals surface area contributed by atoms with Crippen molar-refractivity contribution in [2.75, 3.05) is 31.0 Å². The topological polar surface area (TPSA) is 126 Å². The van der Waals surface area contributed by atoms with Gasteiger partial charge in [0.25, 0.3) is 0 Å². The van der Waals surface area contributed by atoms with Crippen LogP contribution in [0.15, 0.2) is 12.1 Å². The maximum atomic E-state index is 11.2. The van der Waals surface area contributed by atoms with Crippen molar-refractivity contribution < 1.29 is 9.72 Å². The lowest BCUT2D eigenvalue weighted by Crippen LogP contribution is -2.27. The second-order valence-corrected chi connectivity index (χ2v) is 3.79. The van der Waals surface area contributed by atoms with E-state index in [1.807, 2.05) is 0 Å². The Kier molecular flexibility index (Phi) is 5.01. The molecule has 0 aliphatic carbocycles. The van der Waals surface area contributed by atoms with Crippen LogP contribution in [0.3, 0.4) is 0 Å². The van der Waals surface area contributed by atoms with E-state index in [0.29, 0.717) is 12.4 Å². The maximum Gasteiger partial charge on any atom is 0.311 e. The van der Waals surface area contributed by atoms with Crippen molar-refractivity contribution >= 4 is 23.2 Å². The smallest absolute Gasteiger partial charge is 0.311 e. The van der Waals surface area contributed by atoms with Crippen LogP contribution >= 0.6 is 0 Å². The van der Waals surface area contributed by atoms with Gasteiger partial charge in [-0.05, 0) is 6.07 Å². The quantitative estimate of drug-likeness (QED) is 0.372. The summed E-state index contributed by atoms with van der Waals surface area (Å²) in [6.07, 6.45) is 0.214. The number of amides is 1. The first-order chi connectivity index (χ1) is 8.99. The van der Waals surface area contributed by atoms with Crippen molar-refractivity contribution in [1.82, 2.24) is 10.3 Å². The molecular weight excluding hydrogens is 252 g/mol. The summed E-state index contributed by atoms with van der Waals surface area (Å²) < 4.78 is 0. The van der Waals surface area contributed by atoms with E-state index in [1.54, 1.807) is 7.05 Å². The molecule has 0 saturated carbocycles. The third kappa shape index (κ3) is 3.78. The number of carbonyl (C=O) groups excluding carboxylic acids is 1. The molecule has 0 bridgehead atoms. The Hall–Kier alpha value is -2.42. The van der Waals surface area contributed by atoms with Gasteiger partial charge in [0.1, 0.15) is 5.82 Å². The monoisotopic (exact) mass is 268 g/mol. The summed E-state index contributed by atoms with van der Waals surface area (Å²) in [6.45, 7) is 0.307. The third-order valence-electron chi connectivity index (χ3n) is 2.51. The number of anilines is 2. The van der Waals surface area contributed by atoms with Gasteiger partial charge in [-0.15, -0.1) is 0 Å². The average Bonchev–Trinajstić information content (AvgIpc) is 2.43. The van der Waals surface area contributed by atoms with E-state index in [1.165, 1.54) is 24.1 Å². The molecule has 0 atom stereocenters. The molecule has 19 heavy (non-hydrogen) atoms. The predicted octanol–water partition coefficient (Wildman–Crippen LogP) is -0.152. The molecule has 0 aliphatic heterocycles. The SMILES string of the molecule is CNC(=O)CCN(C)c1nc(NN)ccc1[N+](=O)[O-]. The minimum atomic E-state index is -0.529. The molecule has 4 N–H and O–H groups in total. The number of hydrogen-bond donors (Lipinski definition) is 3. The van der Waals surface area contributed by atoms with Gasteiger partial charge in [-0.2, -0.15) is 0 Å². The van der Waals surface area contributed by atoms with Gasteiger partial charge < -0.3 is 15.6 Å². The molecule has 0 saturated heterocycles. The first-order valence-corrected chi connectivity index (χ1v) is 5.53. The highest BCUT2D eigenvalue weighted by atomic mass is 16.6. The van der Waals surface area contributed by atoms with Crippen LogP contribution < -0.4 is 21.5 Å². The van der Waals surface area contributed by atoms with Crippen molar-refractivity contribution in [1.29, 1.82) is 0 Å². The van der Waals surface area contributed by atoms with E-state index < -0.39 is 4.92 Å².